The Balaban J connectivity index is 1.71. The molecule has 27 heavy (non-hydrogen) atoms. The molecule has 2 heterocycles. The minimum Gasteiger partial charge on any atom is -0.504 e. The normalized spacial score (nSPS) is 15.3. The number of furan rings is 1. The van der Waals surface area contributed by atoms with Crippen molar-refractivity contribution in [3.05, 3.63) is 24.0 Å². The summed E-state index contributed by atoms with van der Waals surface area (Å²) in [6.45, 7) is 6.84. The minimum absolute atomic E-state index is 0.0846. The number of carbonyl (C=O) groups excluding carboxylic acids is 1. The minimum atomic E-state index is -0.489. The summed E-state index contributed by atoms with van der Waals surface area (Å²) in [5.74, 6) is 7.29. The van der Waals surface area contributed by atoms with Crippen LogP contribution in [0.3, 0.4) is 0 Å². The molecule has 0 spiro atoms. The number of piperidine rings is 1. The Morgan fingerprint density at radius 2 is 2.00 bits per heavy atom. The summed E-state index contributed by atoms with van der Waals surface area (Å²) in [5, 5.41) is 10.5. The molecule has 3 rings (SSSR count). The average Bonchev–Trinajstić information content (AvgIpc) is 3.00. The molecule has 0 atom stereocenters. The van der Waals surface area contributed by atoms with Gasteiger partial charge in [0.25, 0.3) is 0 Å². The second-order valence-corrected chi connectivity index (χ2v) is 7.65. The van der Waals surface area contributed by atoms with Gasteiger partial charge in [0.15, 0.2) is 11.3 Å². The number of benzene rings is 1. The number of ether oxygens (including phenoxy) is 2. The van der Waals surface area contributed by atoms with Gasteiger partial charge in [0.1, 0.15) is 23.2 Å². The largest absolute Gasteiger partial charge is 0.504 e. The molecule has 1 aromatic heterocycles. The first-order chi connectivity index (χ1) is 12.8. The molecule has 6 nitrogen and oxygen atoms in total. The highest BCUT2D eigenvalue weighted by Crippen LogP contribution is 2.34. The zero-order valence-corrected chi connectivity index (χ0v) is 16.2. The summed E-state index contributed by atoms with van der Waals surface area (Å²) in [7, 11) is 1.58. The molecule has 2 aromatic rings. The van der Waals surface area contributed by atoms with E-state index < -0.39 is 5.60 Å². The molecule has 1 aliphatic heterocycles. The van der Waals surface area contributed by atoms with Crippen molar-refractivity contribution < 1.29 is 23.8 Å². The highest BCUT2D eigenvalue weighted by Gasteiger charge is 2.26. The number of hydrogen-bond acceptors (Lipinski definition) is 5. The number of nitrogens with zero attached hydrogens (tertiary/aromatic N) is 1. The fourth-order valence-corrected chi connectivity index (χ4v) is 3.06. The first-order valence-corrected chi connectivity index (χ1v) is 9.05. The number of amides is 1. The number of hydrogen-bond donors (Lipinski definition) is 1. The van der Waals surface area contributed by atoms with Crippen LogP contribution in [0, 0.1) is 17.8 Å². The highest BCUT2D eigenvalue weighted by molar-refractivity contribution is 5.90. The predicted molar refractivity (Wildman–Crippen MR) is 102 cm³/mol. The summed E-state index contributed by atoms with van der Waals surface area (Å²) in [5.41, 5.74) is 0.660. The van der Waals surface area contributed by atoms with Gasteiger partial charge >= 0.3 is 6.09 Å². The third-order valence-corrected chi connectivity index (χ3v) is 4.45. The fourth-order valence-electron chi connectivity index (χ4n) is 3.06. The molecule has 0 saturated carbocycles. The van der Waals surface area contributed by atoms with E-state index in [0.717, 1.165) is 12.8 Å². The zero-order valence-electron chi connectivity index (χ0n) is 16.2. The van der Waals surface area contributed by atoms with Gasteiger partial charge in [-0.2, -0.15) is 0 Å². The predicted octanol–water partition coefficient (Wildman–Crippen LogP) is 4.15. The molecule has 1 saturated heterocycles. The van der Waals surface area contributed by atoms with Gasteiger partial charge in [-0.05, 0) is 45.7 Å². The molecule has 1 amide bonds. The first kappa shape index (κ1) is 19.0. The molecule has 1 N–H and O–H groups in total. The van der Waals surface area contributed by atoms with E-state index in [4.69, 9.17) is 13.9 Å². The summed E-state index contributed by atoms with van der Waals surface area (Å²) in [4.78, 5) is 13.9. The van der Waals surface area contributed by atoms with Crippen molar-refractivity contribution in [2.45, 2.75) is 39.2 Å². The highest BCUT2D eigenvalue weighted by atomic mass is 16.6. The molecule has 0 radical (unpaired) electrons. The SMILES string of the molecule is COc1ccc2c(O)coc2c1C#CC1CCN(C(=O)OC(C)(C)C)CC1. The van der Waals surface area contributed by atoms with E-state index in [0.29, 0.717) is 35.4 Å². The van der Waals surface area contributed by atoms with Crippen LogP contribution in [0.25, 0.3) is 11.0 Å². The summed E-state index contributed by atoms with van der Waals surface area (Å²) in [6, 6.07) is 3.52. The number of carbonyl (C=O) groups is 1. The molecule has 0 unspecified atom stereocenters. The Labute approximate surface area is 159 Å². The van der Waals surface area contributed by atoms with Crippen LogP contribution in [-0.4, -0.2) is 41.9 Å². The van der Waals surface area contributed by atoms with Gasteiger partial charge in [-0.3, -0.25) is 0 Å². The van der Waals surface area contributed by atoms with E-state index in [2.05, 4.69) is 11.8 Å². The van der Waals surface area contributed by atoms with Gasteiger partial charge < -0.3 is 23.9 Å². The smallest absolute Gasteiger partial charge is 0.410 e. The molecule has 1 aromatic carbocycles. The van der Waals surface area contributed by atoms with Crippen molar-refractivity contribution in [1.29, 1.82) is 0 Å². The topological polar surface area (TPSA) is 72.1 Å². The number of methoxy groups -OCH3 is 1. The van der Waals surface area contributed by atoms with Gasteiger partial charge in [-0.1, -0.05) is 11.8 Å². The van der Waals surface area contributed by atoms with E-state index in [9.17, 15) is 9.90 Å². The second-order valence-electron chi connectivity index (χ2n) is 7.65. The fraction of sp³-hybridized carbons (Fsp3) is 0.476. The maximum absolute atomic E-state index is 12.1. The molecule has 0 aliphatic carbocycles. The maximum atomic E-state index is 12.1. The molecular weight excluding hydrogens is 346 g/mol. The van der Waals surface area contributed by atoms with Crippen molar-refractivity contribution in [3.63, 3.8) is 0 Å². The quantitative estimate of drug-likeness (QED) is 0.763. The van der Waals surface area contributed by atoms with Gasteiger partial charge in [0, 0.05) is 19.0 Å². The van der Waals surface area contributed by atoms with Crippen molar-refractivity contribution in [2.75, 3.05) is 20.2 Å². The third-order valence-electron chi connectivity index (χ3n) is 4.45. The Bertz CT molecular complexity index is 889. The van der Waals surface area contributed by atoms with Crippen LogP contribution in [0.4, 0.5) is 4.79 Å². The molecule has 6 heteroatoms. The van der Waals surface area contributed by atoms with Crippen molar-refractivity contribution in [3.8, 4) is 23.3 Å². The van der Waals surface area contributed by atoms with E-state index in [1.165, 1.54) is 6.26 Å². The molecular formula is C21H25NO5. The number of rotatable bonds is 1. The average molecular weight is 371 g/mol. The Kier molecular flexibility index (Phi) is 5.22. The van der Waals surface area contributed by atoms with Gasteiger partial charge in [0.2, 0.25) is 0 Å². The van der Waals surface area contributed by atoms with Crippen LogP contribution >= 0.6 is 0 Å². The number of aromatic hydroxyl groups is 1. The number of fused-ring (bicyclic) bond motifs is 1. The van der Waals surface area contributed by atoms with Crippen LogP contribution in [0.2, 0.25) is 0 Å². The monoisotopic (exact) mass is 371 g/mol. The zero-order chi connectivity index (χ0) is 19.6. The van der Waals surface area contributed by atoms with Gasteiger partial charge in [0.05, 0.1) is 12.5 Å². The van der Waals surface area contributed by atoms with E-state index in [-0.39, 0.29) is 17.8 Å². The molecule has 1 fully saturated rings. The van der Waals surface area contributed by atoms with Crippen LogP contribution < -0.4 is 4.74 Å². The van der Waals surface area contributed by atoms with Crippen LogP contribution in [-0.2, 0) is 4.74 Å². The van der Waals surface area contributed by atoms with Gasteiger partial charge in [-0.15, -0.1) is 0 Å². The number of likely N-dealkylation sites (tertiary alicyclic amines) is 1. The standard InChI is InChI=1S/C21H25NO5/c1-21(2,3)27-20(24)22-11-9-14(10-12-22)5-6-16-18(25-4)8-7-15-17(23)13-26-19(15)16/h7-8,13-14,23H,9-12H2,1-4H3. The van der Waals surface area contributed by atoms with Crippen molar-refractivity contribution in [2.24, 2.45) is 5.92 Å². The van der Waals surface area contributed by atoms with Crippen molar-refractivity contribution in [1.82, 2.24) is 4.90 Å². The summed E-state index contributed by atoms with van der Waals surface area (Å²) in [6.07, 6.45) is 2.60. The lowest BCUT2D eigenvalue weighted by Gasteiger charge is -2.31. The maximum Gasteiger partial charge on any atom is 0.410 e. The van der Waals surface area contributed by atoms with Crippen molar-refractivity contribution >= 4 is 17.1 Å². The third kappa shape index (κ3) is 4.30. The molecule has 0 bridgehead atoms. The Morgan fingerprint density at radius 3 is 2.63 bits per heavy atom. The Morgan fingerprint density at radius 1 is 1.30 bits per heavy atom. The van der Waals surface area contributed by atoms with Crippen LogP contribution in [0.1, 0.15) is 39.2 Å². The van der Waals surface area contributed by atoms with E-state index in [1.807, 2.05) is 20.8 Å². The lowest BCUT2D eigenvalue weighted by atomic mass is 9.97. The molecule has 1 aliphatic rings. The van der Waals surface area contributed by atoms with Gasteiger partial charge in [-0.25, -0.2) is 4.79 Å². The lowest BCUT2D eigenvalue weighted by Crippen LogP contribution is -2.41. The van der Waals surface area contributed by atoms with E-state index >= 15 is 0 Å². The summed E-state index contributed by atoms with van der Waals surface area (Å²) < 4.78 is 16.3. The van der Waals surface area contributed by atoms with Crippen LogP contribution in [0.5, 0.6) is 11.5 Å². The lowest BCUT2D eigenvalue weighted by molar-refractivity contribution is 0.0199. The summed E-state index contributed by atoms with van der Waals surface area (Å²) >= 11 is 0. The van der Waals surface area contributed by atoms with E-state index in [1.54, 1.807) is 24.1 Å². The second kappa shape index (κ2) is 7.43. The first-order valence-electron chi connectivity index (χ1n) is 9.05. The Hall–Kier alpha value is -2.81. The molecule has 144 valence electrons. The van der Waals surface area contributed by atoms with Crippen LogP contribution in [0.15, 0.2) is 22.8 Å².